The molecule has 16 heavy (non-hydrogen) atoms. The second-order valence-corrected chi connectivity index (χ2v) is 4.57. The molecule has 0 aromatic carbocycles. The van der Waals surface area contributed by atoms with Crippen molar-refractivity contribution in [2.75, 3.05) is 0 Å². The first-order valence-electron chi connectivity index (χ1n) is 5.70. The lowest BCUT2D eigenvalue weighted by Gasteiger charge is -2.15. The van der Waals surface area contributed by atoms with E-state index in [1.165, 1.54) is 0 Å². The number of carbonyl (C=O) groups is 1. The zero-order chi connectivity index (χ0) is 11.0. The van der Waals surface area contributed by atoms with Crippen molar-refractivity contribution in [2.24, 2.45) is 17.8 Å². The molecule has 84 valence electrons. The lowest BCUT2D eigenvalue weighted by atomic mass is 9.94. The molecule has 3 nitrogen and oxygen atoms in total. The van der Waals surface area contributed by atoms with Crippen LogP contribution in [0.3, 0.4) is 0 Å². The predicted octanol–water partition coefficient (Wildman–Crippen LogP) is 2.54. The first-order chi connectivity index (χ1) is 7.83. The van der Waals surface area contributed by atoms with E-state index in [4.69, 9.17) is 9.15 Å². The van der Waals surface area contributed by atoms with Gasteiger partial charge in [0.15, 0.2) is 0 Å². The molecule has 1 aromatic rings. The quantitative estimate of drug-likeness (QED) is 0.578. The maximum atomic E-state index is 11.8. The number of fused-ring (bicyclic) bond motifs is 2. The summed E-state index contributed by atoms with van der Waals surface area (Å²) in [5.74, 6) is 1.71. The standard InChI is InChI=1S/C13H14O3/c14-13(16-8-11-2-1-5-15-11)12-7-9-3-4-10(12)6-9/h1-5,9-10,12H,6-8H2/t9-,10+,12?/m0/s1. The first kappa shape index (κ1) is 9.70. The van der Waals surface area contributed by atoms with Gasteiger partial charge in [-0.05, 0) is 36.8 Å². The molecule has 3 atom stereocenters. The van der Waals surface area contributed by atoms with Crippen LogP contribution in [0.25, 0.3) is 0 Å². The van der Waals surface area contributed by atoms with Gasteiger partial charge in [-0.15, -0.1) is 0 Å². The summed E-state index contributed by atoms with van der Waals surface area (Å²) in [6, 6.07) is 3.61. The molecule has 0 aliphatic heterocycles. The van der Waals surface area contributed by atoms with Crippen molar-refractivity contribution in [3.05, 3.63) is 36.3 Å². The van der Waals surface area contributed by atoms with Gasteiger partial charge in [0.05, 0.1) is 12.2 Å². The Morgan fingerprint density at radius 1 is 1.44 bits per heavy atom. The average Bonchev–Trinajstić information content (AvgIpc) is 3.01. The van der Waals surface area contributed by atoms with Crippen LogP contribution < -0.4 is 0 Å². The Morgan fingerprint density at radius 2 is 2.38 bits per heavy atom. The molecule has 0 saturated heterocycles. The number of furan rings is 1. The summed E-state index contributed by atoms with van der Waals surface area (Å²) in [5, 5.41) is 0. The van der Waals surface area contributed by atoms with Crippen molar-refractivity contribution in [3.8, 4) is 0 Å². The lowest BCUT2D eigenvalue weighted by molar-refractivity contribution is -0.151. The Hall–Kier alpha value is -1.51. The highest BCUT2D eigenvalue weighted by molar-refractivity contribution is 5.74. The predicted molar refractivity (Wildman–Crippen MR) is 57.3 cm³/mol. The third-order valence-corrected chi connectivity index (χ3v) is 3.52. The topological polar surface area (TPSA) is 39.4 Å². The minimum absolute atomic E-state index is 0.0740. The fourth-order valence-electron chi connectivity index (χ4n) is 2.70. The monoisotopic (exact) mass is 218 g/mol. The highest BCUT2D eigenvalue weighted by Crippen LogP contribution is 2.43. The van der Waals surface area contributed by atoms with Crippen molar-refractivity contribution in [1.82, 2.24) is 0 Å². The number of allylic oxidation sites excluding steroid dienone is 2. The molecule has 2 bridgehead atoms. The molecule has 1 unspecified atom stereocenters. The van der Waals surface area contributed by atoms with Gasteiger partial charge in [0, 0.05) is 0 Å². The summed E-state index contributed by atoms with van der Waals surface area (Å²) < 4.78 is 10.4. The maximum absolute atomic E-state index is 11.8. The van der Waals surface area contributed by atoms with E-state index in [1.807, 2.05) is 6.07 Å². The molecule has 1 saturated carbocycles. The molecule has 0 amide bonds. The van der Waals surface area contributed by atoms with E-state index < -0.39 is 0 Å². The Kier molecular flexibility index (Phi) is 2.31. The third kappa shape index (κ3) is 1.66. The van der Waals surface area contributed by atoms with Crippen LogP contribution in [0, 0.1) is 17.8 Å². The number of hydrogen-bond acceptors (Lipinski definition) is 3. The van der Waals surface area contributed by atoms with Gasteiger partial charge in [-0.1, -0.05) is 12.2 Å². The fourth-order valence-corrected chi connectivity index (χ4v) is 2.70. The van der Waals surface area contributed by atoms with Gasteiger partial charge in [0.2, 0.25) is 0 Å². The summed E-state index contributed by atoms with van der Waals surface area (Å²) in [4.78, 5) is 11.8. The van der Waals surface area contributed by atoms with Crippen molar-refractivity contribution >= 4 is 5.97 Å². The summed E-state index contributed by atoms with van der Waals surface area (Å²) in [6.07, 6.45) is 8.05. The Labute approximate surface area is 94.1 Å². The van der Waals surface area contributed by atoms with E-state index in [0.717, 1.165) is 12.8 Å². The molecule has 0 spiro atoms. The zero-order valence-corrected chi connectivity index (χ0v) is 8.96. The molecule has 3 rings (SSSR count). The van der Waals surface area contributed by atoms with Gasteiger partial charge in [-0.3, -0.25) is 4.79 Å². The van der Waals surface area contributed by atoms with Crippen LogP contribution in [-0.4, -0.2) is 5.97 Å². The number of rotatable bonds is 3. The smallest absolute Gasteiger partial charge is 0.309 e. The molecule has 1 heterocycles. The van der Waals surface area contributed by atoms with E-state index in [1.54, 1.807) is 12.3 Å². The number of carbonyl (C=O) groups excluding carboxylic acids is 1. The van der Waals surface area contributed by atoms with Crippen molar-refractivity contribution in [1.29, 1.82) is 0 Å². The Morgan fingerprint density at radius 3 is 3.00 bits per heavy atom. The average molecular weight is 218 g/mol. The third-order valence-electron chi connectivity index (χ3n) is 3.52. The second-order valence-electron chi connectivity index (χ2n) is 4.57. The summed E-state index contributed by atoms with van der Waals surface area (Å²) in [7, 11) is 0. The Balaban J connectivity index is 1.56. The van der Waals surface area contributed by atoms with Gasteiger partial charge in [-0.2, -0.15) is 0 Å². The van der Waals surface area contributed by atoms with Gasteiger partial charge in [0.1, 0.15) is 12.4 Å². The van der Waals surface area contributed by atoms with E-state index in [0.29, 0.717) is 17.6 Å². The van der Waals surface area contributed by atoms with Gasteiger partial charge in [0.25, 0.3) is 0 Å². The van der Waals surface area contributed by atoms with E-state index in [2.05, 4.69) is 12.2 Å². The maximum Gasteiger partial charge on any atom is 0.309 e. The minimum atomic E-state index is -0.0757. The zero-order valence-electron chi connectivity index (χ0n) is 8.96. The second kappa shape index (κ2) is 3.81. The summed E-state index contributed by atoms with van der Waals surface area (Å²) >= 11 is 0. The SMILES string of the molecule is O=C(OCc1ccco1)C1C[C@H]2C=C[C@@H]1C2. The number of hydrogen-bond donors (Lipinski definition) is 0. The normalized spacial score (nSPS) is 30.9. The highest BCUT2D eigenvalue weighted by atomic mass is 16.5. The first-order valence-corrected chi connectivity index (χ1v) is 5.70. The molecule has 0 radical (unpaired) electrons. The van der Waals surface area contributed by atoms with Crippen LogP contribution in [0.15, 0.2) is 35.0 Å². The van der Waals surface area contributed by atoms with E-state index in [9.17, 15) is 4.79 Å². The van der Waals surface area contributed by atoms with Gasteiger partial charge < -0.3 is 9.15 Å². The number of esters is 1. The molecular formula is C13H14O3. The van der Waals surface area contributed by atoms with Crippen LogP contribution in [-0.2, 0) is 16.1 Å². The lowest BCUT2D eigenvalue weighted by Crippen LogP contribution is -2.21. The molecule has 2 aliphatic rings. The fraction of sp³-hybridized carbons (Fsp3) is 0.462. The summed E-state index contributed by atoms with van der Waals surface area (Å²) in [5.41, 5.74) is 0. The van der Waals surface area contributed by atoms with Crippen LogP contribution in [0.4, 0.5) is 0 Å². The highest BCUT2D eigenvalue weighted by Gasteiger charge is 2.40. The number of ether oxygens (including phenoxy) is 1. The Bertz CT molecular complexity index is 405. The van der Waals surface area contributed by atoms with E-state index in [-0.39, 0.29) is 18.5 Å². The van der Waals surface area contributed by atoms with Crippen LogP contribution in [0.5, 0.6) is 0 Å². The van der Waals surface area contributed by atoms with Crippen LogP contribution >= 0.6 is 0 Å². The van der Waals surface area contributed by atoms with Gasteiger partial charge in [-0.25, -0.2) is 0 Å². The molecule has 0 N–H and O–H groups in total. The largest absolute Gasteiger partial charge is 0.466 e. The van der Waals surface area contributed by atoms with Crippen LogP contribution in [0.1, 0.15) is 18.6 Å². The molecule has 3 heteroatoms. The summed E-state index contributed by atoms with van der Waals surface area (Å²) in [6.45, 7) is 0.253. The van der Waals surface area contributed by atoms with E-state index >= 15 is 0 Å². The minimum Gasteiger partial charge on any atom is -0.466 e. The van der Waals surface area contributed by atoms with Crippen molar-refractivity contribution < 1.29 is 13.9 Å². The van der Waals surface area contributed by atoms with Gasteiger partial charge >= 0.3 is 5.97 Å². The molecule has 1 aromatic heterocycles. The van der Waals surface area contributed by atoms with Crippen molar-refractivity contribution in [2.45, 2.75) is 19.4 Å². The molecular weight excluding hydrogens is 204 g/mol. The molecule has 2 aliphatic carbocycles. The van der Waals surface area contributed by atoms with Crippen LogP contribution in [0.2, 0.25) is 0 Å². The molecule has 1 fully saturated rings. The van der Waals surface area contributed by atoms with Crippen molar-refractivity contribution in [3.63, 3.8) is 0 Å².